The highest BCUT2D eigenvalue weighted by Gasteiger charge is 2.44. The number of likely N-dealkylation sites (tertiary alicyclic amines) is 1. The maximum Gasteiger partial charge on any atom is 0.274 e. The molecule has 1 aromatic heterocycles. The van der Waals surface area contributed by atoms with Gasteiger partial charge in [-0.3, -0.25) is 14.6 Å². The Hall–Kier alpha value is -2.96. The van der Waals surface area contributed by atoms with Gasteiger partial charge in [-0.25, -0.2) is 4.98 Å². The van der Waals surface area contributed by atoms with Crippen molar-refractivity contribution in [1.82, 2.24) is 20.2 Å². The molecular weight excluding hydrogens is 356 g/mol. The maximum atomic E-state index is 12.6. The molecule has 1 N–H and O–H groups in total. The summed E-state index contributed by atoms with van der Waals surface area (Å²) in [6, 6.07) is 7.97. The number of carbonyl (C=O) groups is 2. The first-order valence-electron chi connectivity index (χ1n) is 9.64. The van der Waals surface area contributed by atoms with Crippen molar-refractivity contribution in [3.05, 3.63) is 54.1 Å². The van der Waals surface area contributed by atoms with Crippen LogP contribution in [0, 0.1) is 0 Å². The molecule has 28 heavy (non-hydrogen) atoms. The number of aromatic nitrogens is 2. The van der Waals surface area contributed by atoms with Crippen LogP contribution in [0.4, 0.5) is 0 Å². The van der Waals surface area contributed by atoms with E-state index < -0.39 is 0 Å². The van der Waals surface area contributed by atoms with E-state index in [1.54, 1.807) is 13.2 Å². The number of piperidine rings is 1. The third-order valence-electron chi connectivity index (χ3n) is 5.76. The van der Waals surface area contributed by atoms with Gasteiger partial charge in [0.25, 0.3) is 5.91 Å². The molecule has 7 heteroatoms. The standard InChI is InChI=1S/C21H24N4O3/c1-22-19(26)12-15-13-21(28-18-5-3-2-4-16(15)18)6-10-25(11-7-21)20(27)17-14-23-8-9-24-17/h2-5,8-9,14-15H,6-7,10-13H2,1H3,(H,22,26). The van der Waals surface area contributed by atoms with Gasteiger partial charge in [0.2, 0.25) is 5.91 Å². The second-order valence-corrected chi connectivity index (χ2v) is 7.48. The van der Waals surface area contributed by atoms with Crippen LogP contribution in [0.2, 0.25) is 0 Å². The largest absolute Gasteiger partial charge is 0.487 e. The number of hydrogen-bond donors (Lipinski definition) is 1. The highest BCUT2D eigenvalue weighted by Crippen LogP contribution is 2.46. The molecule has 2 aliphatic heterocycles. The van der Waals surface area contributed by atoms with Crippen molar-refractivity contribution < 1.29 is 14.3 Å². The molecule has 7 nitrogen and oxygen atoms in total. The summed E-state index contributed by atoms with van der Waals surface area (Å²) >= 11 is 0. The number of rotatable bonds is 3. The summed E-state index contributed by atoms with van der Waals surface area (Å²) in [5.74, 6) is 0.914. The second-order valence-electron chi connectivity index (χ2n) is 7.48. The van der Waals surface area contributed by atoms with Crippen molar-refractivity contribution in [2.75, 3.05) is 20.1 Å². The van der Waals surface area contributed by atoms with Gasteiger partial charge >= 0.3 is 0 Å². The number of hydrogen-bond acceptors (Lipinski definition) is 5. The number of amides is 2. The minimum absolute atomic E-state index is 0.0344. The van der Waals surface area contributed by atoms with Gasteiger partial charge in [0, 0.05) is 57.7 Å². The Morgan fingerprint density at radius 3 is 2.75 bits per heavy atom. The summed E-state index contributed by atoms with van der Waals surface area (Å²) in [4.78, 5) is 34.6. The number of fused-ring (bicyclic) bond motifs is 1. The molecule has 1 unspecified atom stereocenters. The van der Waals surface area contributed by atoms with E-state index in [-0.39, 0.29) is 23.3 Å². The number of carbonyl (C=O) groups excluding carboxylic acids is 2. The average Bonchev–Trinajstić information content (AvgIpc) is 2.74. The topological polar surface area (TPSA) is 84.4 Å². The van der Waals surface area contributed by atoms with Crippen molar-refractivity contribution in [2.45, 2.75) is 37.2 Å². The molecule has 0 saturated carbocycles. The van der Waals surface area contributed by atoms with Gasteiger partial charge in [-0.2, -0.15) is 0 Å². The van der Waals surface area contributed by atoms with Crippen LogP contribution < -0.4 is 10.1 Å². The highest BCUT2D eigenvalue weighted by molar-refractivity contribution is 5.92. The Morgan fingerprint density at radius 1 is 1.25 bits per heavy atom. The van der Waals surface area contributed by atoms with Gasteiger partial charge in [0.1, 0.15) is 17.0 Å². The quantitative estimate of drug-likeness (QED) is 0.882. The Bertz CT molecular complexity index is 863. The van der Waals surface area contributed by atoms with Crippen molar-refractivity contribution in [3.63, 3.8) is 0 Å². The molecule has 2 aliphatic rings. The van der Waals surface area contributed by atoms with E-state index in [4.69, 9.17) is 4.74 Å². The predicted octanol–water partition coefficient (Wildman–Crippen LogP) is 2.15. The molecule has 0 radical (unpaired) electrons. The fourth-order valence-electron chi connectivity index (χ4n) is 4.25. The maximum absolute atomic E-state index is 12.6. The number of ether oxygens (including phenoxy) is 1. The molecule has 1 aromatic carbocycles. The van der Waals surface area contributed by atoms with Gasteiger partial charge in [-0.15, -0.1) is 0 Å². The summed E-state index contributed by atoms with van der Waals surface area (Å²) in [5, 5.41) is 2.73. The van der Waals surface area contributed by atoms with E-state index in [1.165, 1.54) is 12.4 Å². The molecule has 146 valence electrons. The Balaban J connectivity index is 1.50. The van der Waals surface area contributed by atoms with E-state index in [0.29, 0.717) is 25.2 Å². The Kier molecular flexibility index (Phi) is 4.98. The van der Waals surface area contributed by atoms with Gasteiger partial charge < -0.3 is 15.0 Å². The first kappa shape index (κ1) is 18.4. The summed E-state index contributed by atoms with van der Waals surface area (Å²) in [6.45, 7) is 1.20. The highest BCUT2D eigenvalue weighted by atomic mass is 16.5. The fourth-order valence-corrected chi connectivity index (χ4v) is 4.25. The number of benzene rings is 1. The molecule has 0 aliphatic carbocycles. The summed E-state index contributed by atoms with van der Waals surface area (Å²) in [7, 11) is 1.67. The lowest BCUT2D eigenvalue weighted by molar-refractivity contribution is -0.121. The van der Waals surface area contributed by atoms with Gasteiger partial charge in [-0.05, 0) is 18.1 Å². The molecule has 1 saturated heterocycles. The number of para-hydroxylation sites is 1. The number of nitrogens with one attached hydrogen (secondary N) is 1. The molecule has 4 rings (SSSR count). The second kappa shape index (κ2) is 7.58. The van der Waals surface area contributed by atoms with Gasteiger partial charge in [-0.1, -0.05) is 18.2 Å². The van der Waals surface area contributed by atoms with E-state index >= 15 is 0 Å². The van der Waals surface area contributed by atoms with Crippen molar-refractivity contribution >= 4 is 11.8 Å². The summed E-state index contributed by atoms with van der Waals surface area (Å²) in [6.07, 6.45) is 7.28. The van der Waals surface area contributed by atoms with Crippen LogP contribution in [-0.2, 0) is 4.79 Å². The SMILES string of the molecule is CNC(=O)CC1CC2(CCN(C(=O)c3cnccn3)CC2)Oc2ccccc21. The van der Waals surface area contributed by atoms with Gasteiger partial charge in [0.15, 0.2) is 0 Å². The van der Waals surface area contributed by atoms with Crippen LogP contribution in [0.25, 0.3) is 0 Å². The molecule has 3 heterocycles. The molecule has 2 amide bonds. The summed E-state index contributed by atoms with van der Waals surface area (Å²) in [5.41, 5.74) is 1.12. The molecule has 1 spiro atoms. The average molecular weight is 380 g/mol. The zero-order valence-corrected chi connectivity index (χ0v) is 15.9. The van der Waals surface area contributed by atoms with E-state index in [0.717, 1.165) is 30.6 Å². The van der Waals surface area contributed by atoms with Crippen molar-refractivity contribution in [1.29, 1.82) is 0 Å². The van der Waals surface area contributed by atoms with Crippen LogP contribution in [0.3, 0.4) is 0 Å². The smallest absolute Gasteiger partial charge is 0.274 e. The zero-order valence-electron chi connectivity index (χ0n) is 15.9. The molecule has 2 aromatic rings. The molecular formula is C21H24N4O3. The fraction of sp³-hybridized carbons (Fsp3) is 0.429. The van der Waals surface area contributed by atoms with Crippen LogP contribution in [0.1, 0.15) is 47.7 Å². The number of nitrogens with zero attached hydrogens (tertiary/aromatic N) is 3. The first-order chi connectivity index (χ1) is 13.6. The van der Waals surface area contributed by atoms with E-state index in [1.807, 2.05) is 29.2 Å². The van der Waals surface area contributed by atoms with Gasteiger partial charge in [0.05, 0.1) is 6.20 Å². The first-order valence-corrected chi connectivity index (χ1v) is 9.64. The normalized spacial score (nSPS) is 20.2. The van der Waals surface area contributed by atoms with Crippen LogP contribution in [-0.4, -0.2) is 52.4 Å². The van der Waals surface area contributed by atoms with Crippen LogP contribution in [0.5, 0.6) is 5.75 Å². The molecule has 1 atom stereocenters. The zero-order chi connectivity index (χ0) is 19.6. The van der Waals surface area contributed by atoms with Crippen molar-refractivity contribution in [3.8, 4) is 5.75 Å². The third-order valence-corrected chi connectivity index (χ3v) is 5.76. The minimum Gasteiger partial charge on any atom is -0.487 e. The van der Waals surface area contributed by atoms with E-state index in [2.05, 4.69) is 15.3 Å². The predicted molar refractivity (Wildman–Crippen MR) is 103 cm³/mol. The van der Waals surface area contributed by atoms with Crippen LogP contribution in [0.15, 0.2) is 42.9 Å². The third kappa shape index (κ3) is 3.56. The monoisotopic (exact) mass is 380 g/mol. The van der Waals surface area contributed by atoms with E-state index in [9.17, 15) is 9.59 Å². The lowest BCUT2D eigenvalue weighted by Crippen LogP contribution is -2.52. The Morgan fingerprint density at radius 2 is 2.04 bits per heavy atom. The van der Waals surface area contributed by atoms with Crippen molar-refractivity contribution in [2.24, 2.45) is 0 Å². The molecule has 1 fully saturated rings. The lowest BCUT2D eigenvalue weighted by Gasteiger charge is -2.46. The molecule has 0 bridgehead atoms. The van der Waals surface area contributed by atoms with Crippen LogP contribution >= 0.6 is 0 Å². The minimum atomic E-state index is -0.341. The Labute approximate surface area is 164 Å². The lowest BCUT2D eigenvalue weighted by atomic mass is 9.76. The summed E-state index contributed by atoms with van der Waals surface area (Å²) < 4.78 is 6.44.